The fourth-order valence-corrected chi connectivity index (χ4v) is 3.12. The zero-order valence-corrected chi connectivity index (χ0v) is 17.0. The van der Waals surface area contributed by atoms with Gasteiger partial charge in [0.05, 0.1) is 18.1 Å². The monoisotopic (exact) mass is 406 g/mol. The molecular formula is C24H23ClN2O2. The van der Waals surface area contributed by atoms with E-state index in [0.717, 1.165) is 34.9 Å². The molecule has 29 heavy (non-hydrogen) atoms. The molecule has 0 N–H and O–H groups in total. The second-order valence-corrected chi connectivity index (χ2v) is 6.40. The molecular weight excluding hydrogens is 384 g/mol. The summed E-state index contributed by atoms with van der Waals surface area (Å²) in [4.78, 5) is 4.77. The summed E-state index contributed by atoms with van der Waals surface area (Å²) in [6, 6.07) is 26.1. The second kappa shape index (κ2) is 9.80. The van der Waals surface area contributed by atoms with Crippen molar-refractivity contribution in [3.63, 3.8) is 0 Å². The predicted molar refractivity (Wildman–Crippen MR) is 120 cm³/mol. The Morgan fingerprint density at radius 3 is 2.31 bits per heavy atom. The van der Waals surface area contributed by atoms with Crippen molar-refractivity contribution < 1.29 is 9.47 Å². The number of para-hydroxylation sites is 2. The van der Waals surface area contributed by atoms with Gasteiger partial charge in [0, 0.05) is 6.54 Å². The van der Waals surface area contributed by atoms with Crippen LogP contribution in [0.1, 0.15) is 11.4 Å². The maximum atomic E-state index is 5.96. The average molecular weight is 407 g/mol. The van der Waals surface area contributed by atoms with Gasteiger partial charge >= 0.3 is 0 Å². The number of hydrogen-bond donors (Lipinski definition) is 0. The lowest BCUT2D eigenvalue weighted by Crippen LogP contribution is -2.06. The lowest BCUT2D eigenvalue weighted by atomic mass is 10.2. The maximum absolute atomic E-state index is 5.96. The quantitative estimate of drug-likeness (QED) is 0.391. The van der Waals surface area contributed by atoms with Crippen LogP contribution in [0.15, 0.2) is 84.9 Å². The van der Waals surface area contributed by atoms with Gasteiger partial charge in [0.2, 0.25) is 0 Å². The third-order valence-corrected chi connectivity index (χ3v) is 4.56. The third kappa shape index (κ3) is 4.98. The van der Waals surface area contributed by atoms with Crippen LogP contribution in [0.5, 0.6) is 11.5 Å². The van der Waals surface area contributed by atoms with E-state index < -0.39 is 0 Å². The molecule has 0 bridgehead atoms. The van der Waals surface area contributed by atoms with Crippen LogP contribution in [0.2, 0.25) is 0 Å². The van der Waals surface area contributed by atoms with Crippen molar-refractivity contribution in [1.82, 2.24) is 9.55 Å². The van der Waals surface area contributed by atoms with Gasteiger partial charge in [0.15, 0.2) is 0 Å². The summed E-state index contributed by atoms with van der Waals surface area (Å²) in [5.41, 5.74) is 3.26. The summed E-state index contributed by atoms with van der Waals surface area (Å²) in [6.07, 6.45) is 4.28. The van der Waals surface area contributed by atoms with Gasteiger partial charge in [0.1, 0.15) is 23.9 Å². The van der Waals surface area contributed by atoms with Crippen molar-refractivity contribution in [2.45, 2.75) is 13.2 Å². The molecule has 0 atom stereocenters. The normalized spacial score (nSPS) is 10.8. The molecule has 0 saturated carbocycles. The molecule has 1 heterocycles. The highest BCUT2D eigenvalue weighted by molar-refractivity contribution is 5.85. The summed E-state index contributed by atoms with van der Waals surface area (Å²) in [5, 5.41) is 0. The Kier molecular flexibility index (Phi) is 6.93. The van der Waals surface area contributed by atoms with Crippen LogP contribution in [0.3, 0.4) is 0 Å². The molecule has 4 rings (SSSR count). The van der Waals surface area contributed by atoms with E-state index >= 15 is 0 Å². The van der Waals surface area contributed by atoms with Gasteiger partial charge in [0.25, 0.3) is 0 Å². The summed E-state index contributed by atoms with van der Waals surface area (Å²) in [5.74, 6) is 2.50. The Balaban J connectivity index is 0.00000240. The van der Waals surface area contributed by atoms with Crippen molar-refractivity contribution >= 4 is 29.5 Å². The molecule has 3 aromatic carbocycles. The topological polar surface area (TPSA) is 36.3 Å². The third-order valence-electron chi connectivity index (χ3n) is 4.56. The average Bonchev–Trinajstić information content (AvgIpc) is 3.11. The zero-order chi connectivity index (χ0) is 19.2. The van der Waals surface area contributed by atoms with Gasteiger partial charge < -0.3 is 14.0 Å². The molecule has 0 unspecified atom stereocenters. The first-order chi connectivity index (χ1) is 13.8. The molecule has 0 spiro atoms. The minimum Gasteiger partial charge on any atom is -0.497 e. The van der Waals surface area contributed by atoms with E-state index in [2.05, 4.69) is 34.9 Å². The summed E-state index contributed by atoms with van der Waals surface area (Å²) in [7, 11) is 1.65. The van der Waals surface area contributed by atoms with Crippen LogP contribution in [0.4, 0.5) is 0 Å². The van der Waals surface area contributed by atoms with E-state index in [9.17, 15) is 0 Å². The first-order valence-electron chi connectivity index (χ1n) is 9.26. The fraction of sp³-hybridized carbons (Fsp3) is 0.125. The SMILES string of the molecule is COc1ccc(OCc2nc3ccccc3n2C/C=C/c2ccccc2)cc1.Cl. The number of halogens is 1. The fourth-order valence-electron chi connectivity index (χ4n) is 3.12. The van der Waals surface area contributed by atoms with Crippen LogP contribution < -0.4 is 9.47 Å². The smallest absolute Gasteiger partial charge is 0.148 e. The van der Waals surface area contributed by atoms with Gasteiger partial charge in [-0.25, -0.2) is 4.98 Å². The number of hydrogen-bond acceptors (Lipinski definition) is 3. The van der Waals surface area contributed by atoms with E-state index in [0.29, 0.717) is 6.61 Å². The lowest BCUT2D eigenvalue weighted by Gasteiger charge is -2.09. The first-order valence-corrected chi connectivity index (χ1v) is 9.26. The Hall–Kier alpha value is -3.24. The summed E-state index contributed by atoms with van der Waals surface area (Å²) in [6.45, 7) is 1.14. The molecule has 0 aliphatic heterocycles. The van der Waals surface area contributed by atoms with Crippen LogP contribution in [-0.4, -0.2) is 16.7 Å². The minimum absolute atomic E-state index is 0. The Labute approximate surface area is 176 Å². The molecule has 0 amide bonds. The number of benzene rings is 3. The van der Waals surface area contributed by atoms with Gasteiger partial charge in [-0.05, 0) is 42.0 Å². The van der Waals surface area contributed by atoms with E-state index in [-0.39, 0.29) is 12.4 Å². The molecule has 4 nitrogen and oxygen atoms in total. The highest BCUT2D eigenvalue weighted by Gasteiger charge is 2.10. The van der Waals surface area contributed by atoms with Crippen LogP contribution in [0.25, 0.3) is 17.1 Å². The maximum Gasteiger partial charge on any atom is 0.148 e. The van der Waals surface area contributed by atoms with Crippen molar-refractivity contribution in [3.05, 3.63) is 96.3 Å². The number of methoxy groups -OCH3 is 1. The number of ether oxygens (including phenoxy) is 2. The van der Waals surface area contributed by atoms with Crippen LogP contribution >= 0.6 is 12.4 Å². The minimum atomic E-state index is 0. The number of aromatic nitrogens is 2. The summed E-state index contributed by atoms with van der Waals surface area (Å²) < 4.78 is 13.3. The van der Waals surface area contributed by atoms with Crippen molar-refractivity contribution in [2.75, 3.05) is 7.11 Å². The molecule has 5 heteroatoms. The van der Waals surface area contributed by atoms with E-state index in [1.165, 1.54) is 5.56 Å². The predicted octanol–water partition coefficient (Wildman–Crippen LogP) is 5.76. The molecule has 0 fully saturated rings. The van der Waals surface area contributed by atoms with E-state index in [1.807, 2.05) is 60.7 Å². The molecule has 0 aliphatic rings. The van der Waals surface area contributed by atoms with Crippen molar-refractivity contribution in [2.24, 2.45) is 0 Å². The standard InChI is InChI=1S/C24H22N2O2.ClH/c1-27-20-13-15-21(16-14-20)28-18-24-25-22-11-5-6-12-23(22)26(24)17-7-10-19-8-3-2-4-9-19;/h2-16H,17-18H2,1H3;1H/b10-7+;. The van der Waals surface area contributed by atoms with Crippen molar-refractivity contribution in [1.29, 1.82) is 0 Å². The zero-order valence-electron chi connectivity index (χ0n) is 16.2. The van der Waals surface area contributed by atoms with Gasteiger partial charge in [-0.3, -0.25) is 0 Å². The van der Waals surface area contributed by atoms with E-state index in [4.69, 9.17) is 14.5 Å². The lowest BCUT2D eigenvalue weighted by molar-refractivity contribution is 0.291. The molecule has 0 saturated heterocycles. The number of fused-ring (bicyclic) bond motifs is 1. The number of imidazole rings is 1. The van der Waals surface area contributed by atoms with Crippen LogP contribution in [0, 0.1) is 0 Å². The Morgan fingerprint density at radius 1 is 0.862 bits per heavy atom. The Bertz CT molecular complexity index is 1070. The first kappa shape index (κ1) is 20.5. The van der Waals surface area contributed by atoms with Gasteiger partial charge in [-0.2, -0.15) is 0 Å². The van der Waals surface area contributed by atoms with Crippen molar-refractivity contribution in [3.8, 4) is 11.5 Å². The highest BCUT2D eigenvalue weighted by atomic mass is 35.5. The number of allylic oxidation sites excluding steroid dienone is 1. The largest absolute Gasteiger partial charge is 0.497 e. The second-order valence-electron chi connectivity index (χ2n) is 6.40. The number of rotatable bonds is 7. The summed E-state index contributed by atoms with van der Waals surface area (Å²) >= 11 is 0. The molecule has 148 valence electrons. The number of nitrogens with zero attached hydrogens (tertiary/aromatic N) is 2. The molecule has 4 aromatic rings. The van der Waals surface area contributed by atoms with Gasteiger partial charge in [-0.1, -0.05) is 54.6 Å². The molecule has 0 aliphatic carbocycles. The van der Waals surface area contributed by atoms with Crippen LogP contribution in [-0.2, 0) is 13.2 Å². The Morgan fingerprint density at radius 2 is 1.55 bits per heavy atom. The van der Waals surface area contributed by atoms with Gasteiger partial charge in [-0.15, -0.1) is 12.4 Å². The van der Waals surface area contributed by atoms with E-state index in [1.54, 1.807) is 7.11 Å². The molecule has 1 aromatic heterocycles. The molecule has 0 radical (unpaired) electrons. The highest BCUT2D eigenvalue weighted by Crippen LogP contribution is 2.21.